The summed E-state index contributed by atoms with van der Waals surface area (Å²) in [5.74, 6) is 2.18. The van der Waals surface area contributed by atoms with Gasteiger partial charge < -0.3 is 14.4 Å². The Kier molecular flexibility index (Phi) is 3.40. The number of halogens is 1. The average molecular weight is 281 g/mol. The van der Waals surface area contributed by atoms with Crippen molar-refractivity contribution in [3.05, 3.63) is 40.5 Å². The van der Waals surface area contributed by atoms with Crippen molar-refractivity contribution < 1.29 is 14.4 Å². The number of aromatic nitrogens is 2. The smallest absolute Gasteiger partial charge is 0.264 e. The summed E-state index contributed by atoms with van der Waals surface area (Å²) in [6.07, 6.45) is 2.26. The van der Waals surface area contributed by atoms with Gasteiger partial charge in [-0.15, -0.1) is 0 Å². The zero-order chi connectivity index (χ0) is 13.2. The number of nitrogens with zero attached hydrogens (tertiary/aromatic N) is 2. The third-order valence-electron chi connectivity index (χ3n) is 3.01. The van der Waals surface area contributed by atoms with Gasteiger partial charge in [-0.05, 0) is 25.0 Å². The summed E-state index contributed by atoms with van der Waals surface area (Å²) in [4.78, 5) is 4.27. The number of aliphatic hydroxyl groups is 1. The molecule has 6 heteroatoms. The fraction of sp³-hybridized carbons (Fsp3) is 0.385. The second-order valence-corrected chi connectivity index (χ2v) is 4.89. The molecule has 1 aliphatic rings. The molecular formula is C13H13ClN2O3. The van der Waals surface area contributed by atoms with Crippen LogP contribution in [0.25, 0.3) is 0 Å². The Morgan fingerprint density at radius 3 is 3.00 bits per heavy atom. The zero-order valence-corrected chi connectivity index (χ0v) is 10.9. The van der Waals surface area contributed by atoms with Crippen LogP contribution in [0.1, 0.15) is 36.0 Å². The highest BCUT2D eigenvalue weighted by Gasteiger charge is 2.28. The predicted octanol–water partition coefficient (Wildman–Crippen LogP) is 2.67. The van der Waals surface area contributed by atoms with Gasteiger partial charge in [0.05, 0.1) is 6.61 Å². The Labute approximate surface area is 115 Å². The molecule has 0 atom stereocenters. The minimum atomic E-state index is -0.174. The van der Waals surface area contributed by atoms with Gasteiger partial charge in [-0.1, -0.05) is 22.8 Å². The normalized spacial score (nSPS) is 14.6. The van der Waals surface area contributed by atoms with Crippen LogP contribution in [0.15, 0.2) is 22.7 Å². The maximum atomic E-state index is 9.27. The molecule has 2 aromatic rings. The molecule has 1 aromatic heterocycles. The molecule has 0 bridgehead atoms. The van der Waals surface area contributed by atoms with Gasteiger partial charge in [-0.2, -0.15) is 4.98 Å². The number of hydrogen-bond acceptors (Lipinski definition) is 5. The van der Waals surface area contributed by atoms with Crippen molar-refractivity contribution in [1.82, 2.24) is 10.1 Å². The Morgan fingerprint density at radius 2 is 2.26 bits per heavy atom. The van der Waals surface area contributed by atoms with Gasteiger partial charge in [-0.3, -0.25) is 0 Å². The average Bonchev–Trinajstić information content (AvgIpc) is 3.16. The van der Waals surface area contributed by atoms with E-state index in [-0.39, 0.29) is 13.2 Å². The van der Waals surface area contributed by atoms with Crippen LogP contribution in [0, 0.1) is 0 Å². The summed E-state index contributed by atoms with van der Waals surface area (Å²) in [7, 11) is 0. The second kappa shape index (κ2) is 5.19. The molecule has 1 saturated carbocycles. The number of aliphatic hydroxyl groups excluding tert-OH is 1. The number of ether oxygens (including phenoxy) is 1. The molecule has 1 N–H and O–H groups in total. The molecule has 100 valence electrons. The van der Waals surface area contributed by atoms with Crippen LogP contribution in [0.4, 0.5) is 0 Å². The number of hydrogen-bond donors (Lipinski definition) is 1. The highest BCUT2D eigenvalue weighted by molar-refractivity contribution is 6.31. The first-order valence-corrected chi connectivity index (χ1v) is 6.49. The van der Waals surface area contributed by atoms with E-state index < -0.39 is 0 Å². The zero-order valence-electron chi connectivity index (χ0n) is 10.2. The summed E-state index contributed by atoms with van der Waals surface area (Å²) in [6.45, 7) is -0.000768. The first kappa shape index (κ1) is 12.4. The Bertz CT molecular complexity index is 581. The highest BCUT2D eigenvalue weighted by atomic mass is 35.5. The van der Waals surface area contributed by atoms with E-state index >= 15 is 0 Å². The number of benzene rings is 1. The Balaban J connectivity index is 1.69. The number of rotatable bonds is 5. The maximum Gasteiger partial charge on any atom is 0.264 e. The standard InChI is InChI=1S/C13H13ClN2O3/c14-10-2-1-3-11(9(10)6-17)18-7-12-15-13(16-19-12)8-4-5-8/h1-3,8,17H,4-7H2. The van der Waals surface area contributed by atoms with Crippen molar-refractivity contribution in [1.29, 1.82) is 0 Å². The fourth-order valence-electron chi connectivity index (χ4n) is 1.80. The van der Waals surface area contributed by atoms with Crippen molar-refractivity contribution in [3.63, 3.8) is 0 Å². The van der Waals surface area contributed by atoms with Crippen LogP contribution in [0.2, 0.25) is 5.02 Å². The third-order valence-corrected chi connectivity index (χ3v) is 3.37. The van der Waals surface area contributed by atoms with Gasteiger partial charge in [0.15, 0.2) is 12.4 Å². The highest BCUT2D eigenvalue weighted by Crippen LogP contribution is 2.38. The fourth-order valence-corrected chi connectivity index (χ4v) is 2.03. The molecule has 0 unspecified atom stereocenters. The second-order valence-electron chi connectivity index (χ2n) is 4.48. The molecule has 0 amide bonds. The first-order chi connectivity index (χ1) is 9.28. The molecule has 3 rings (SSSR count). The van der Waals surface area contributed by atoms with E-state index in [0.717, 1.165) is 18.7 Å². The van der Waals surface area contributed by atoms with Crippen LogP contribution in [-0.4, -0.2) is 15.2 Å². The quantitative estimate of drug-likeness (QED) is 0.912. The molecule has 5 nitrogen and oxygen atoms in total. The van der Waals surface area contributed by atoms with E-state index in [1.54, 1.807) is 18.2 Å². The van der Waals surface area contributed by atoms with Gasteiger partial charge in [-0.25, -0.2) is 0 Å². The van der Waals surface area contributed by atoms with Crippen molar-refractivity contribution in [3.8, 4) is 5.75 Å². The third kappa shape index (κ3) is 2.72. The van der Waals surface area contributed by atoms with Crippen molar-refractivity contribution in [2.75, 3.05) is 0 Å². The lowest BCUT2D eigenvalue weighted by Crippen LogP contribution is -1.99. The van der Waals surface area contributed by atoms with E-state index in [0.29, 0.717) is 28.1 Å². The van der Waals surface area contributed by atoms with E-state index in [1.165, 1.54) is 0 Å². The summed E-state index contributed by atoms with van der Waals surface area (Å²) in [5, 5.41) is 13.7. The summed E-state index contributed by atoms with van der Waals surface area (Å²) in [6, 6.07) is 5.22. The Morgan fingerprint density at radius 1 is 1.42 bits per heavy atom. The van der Waals surface area contributed by atoms with Crippen LogP contribution >= 0.6 is 11.6 Å². The van der Waals surface area contributed by atoms with E-state index in [9.17, 15) is 5.11 Å². The molecule has 19 heavy (non-hydrogen) atoms. The SMILES string of the molecule is OCc1c(Cl)cccc1OCc1nc(C2CC2)no1. The molecule has 1 fully saturated rings. The molecule has 0 saturated heterocycles. The van der Waals surface area contributed by atoms with Gasteiger partial charge in [0, 0.05) is 16.5 Å². The summed E-state index contributed by atoms with van der Waals surface area (Å²) >= 11 is 5.97. The lowest BCUT2D eigenvalue weighted by molar-refractivity contribution is 0.229. The lowest BCUT2D eigenvalue weighted by atomic mass is 10.2. The monoisotopic (exact) mass is 280 g/mol. The van der Waals surface area contributed by atoms with Crippen LogP contribution in [0.5, 0.6) is 5.75 Å². The summed E-state index contributed by atoms with van der Waals surface area (Å²) < 4.78 is 10.7. The van der Waals surface area contributed by atoms with Crippen LogP contribution < -0.4 is 4.74 Å². The minimum absolute atomic E-state index is 0.174. The van der Waals surface area contributed by atoms with Crippen molar-refractivity contribution in [2.24, 2.45) is 0 Å². The lowest BCUT2D eigenvalue weighted by Gasteiger charge is -2.09. The van der Waals surface area contributed by atoms with Gasteiger partial charge >= 0.3 is 0 Å². The Hall–Kier alpha value is -1.59. The molecule has 0 radical (unpaired) electrons. The van der Waals surface area contributed by atoms with Crippen LogP contribution in [0.3, 0.4) is 0 Å². The molecular weight excluding hydrogens is 268 g/mol. The molecule has 0 spiro atoms. The van der Waals surface area contributed by atoms with E-state index in [1.807, 2.05) is 0 Å². The summed E-state index contributed by atoms with van der Waals surface area (Å²) in [5.41, 5.74) is 0.561. The topological polar surface area (TPSA) is 68.4 Å². The van der Waals surface area contributed by atoms with Gasteiger partial charge in [0.2, 0.25) is 0 Å². The molecule has 1 aromatic carbocycles. The molecule has 1 heterocycles. The predicted molar refractivity (Wildman–Crippen MR) is 68.0 cm³/mol. The van der Waals surface area contributed by atoms with E-state index in [2.05, 4.69) is 10.1 Å². The van der Waals surface area contributed by atoms with Crippen molar-refractivity contribution in [2.45, 2.75) is 32.0 Å². The largest absolute Gasteiger partial charge is 0.483 e. The molecule has 1 aliphatic carbocycles. The van der Waals surface area contributed by atoms with Gasteiger partial charge in [0.25, 0.3) is 5.89 Å². The van der Waals surface area contributed by atoms with E-state index in [4.69, 9.17) is 20.9 Å². The van der Waals surface area contributed by atoms with Gasteiger partial charge in [0.1, 0.15) is 5.75 Å². The maximum absolute atomic E-state index is 9.27. The molecule has 0 aliphatic heterocycles. The van der Waals surface area contributed by atoms with Crippen molar-refractivity contribution >= 4 is 11.6 Å². The first-order valence-electron chi connectivity index (χ1n) is 6.11. The van der Waals surface area contributed by atoms with Crippen LogP contribution in [-0.2, 0) is 13.2 Å². The minimum Gasteiger partial charge on any atom is -0.483 e.